The first kappa shape index (κ1) is 18.1. The molecule has 2 aromatic rings. The number of allylic oxidation sites excluding steroid dienone is 1. The first-order valence-electron chi connectivity index (χ1n) is 7.66. The van der Waals surface area contributed by atoms with Crippen LogP contribution in [0, 0.1) is 0 Å². The van der Waals surface area contributed by atoms with Crippen molar-refractivity contribution in [1.82, 2.24) is 0 Å². The number of nitrogens with two attached hydrogens (primary N) is 1. The van der Waals surface area contributed by atoms with Gasteiger partial charge in [0.05, 0.1) is 7.11 Å². The number of benzene rings is 2. The number of methoxy groups -OCH3 is 1. The molecule has 2 amide bonds. The lowest BCUT2D eigenvalue weighted by molar-refractivity contribution is -0.118. The Morgan fingerprint density at radius 1 is 1.12 bits per heavy atom. The predicted molar refractivity (Wildman–Crippen MR) is 96.8 cm³/mol. The Labute approximate surface area is 146 Å². The Hall–Kier alpha value is -3.28. The van der Waals surface area contributed by atoms with E-state index in [9.17, 15) is 9.59 Å². The van der Waals surface area contributed by atoms with E-state index < -0.39 is 5.91 Å². The Balaban J connectivity index is 1.96. The lowest BCUT2D eigenvalue weighted by Gasteiger charge is -2.11. The molecular formula is C19H20N2O4. The van der Waals surface area contributed by atoms with Crippen molar-refractivity contribution in [3.8, 4) is 11.5 Å². The van der Waals surface area contributed by atoms with Crippen molar-refractivity contribution < 1.29 is 19.1 Å². The molecule has 25 heavy (non-hydrogen) atoms. The molecule has 0 aliphatic rings. The van der Waals surface area contributed by atoms with Crippen LogP contribution in [0.3, 0.4) is 0 Å². The van der Waals surface area contributed by atoms with E-state index >= 15 is 0 Å². The number of amides is 2. The van der Waals surface area contributed by atoms with Crippen LogP contribution in [0.1, 0.15) is 22.8 Å². The molecule has 3 N–H and O–H groups in total. The highest BCUT2D eigenvalue weighted by atomic mass is 16.5. The number of anilines is 1. The number of carbonyl (C=O) groups excluding carboxylic acids is 2. The molecule has 0 aliphatic heterocycles. The summed E-state index contributed by atoms with van der Waals surface area (Å²) in [6.45, 7) is 1.76. The van der Waals surface area contributed by atoms with Gasteiger partial charge < -0.3 is 20.5 Å². The maximum absolute atomic E-state index is 12.0. The summed E-state index contributed by atoms with van der Waals surface area (Å²) < 4.78 is 10.8. The second kappa shape index (κ2) is 8.54. The second-order valence-corrected chi connectivity index (χ2v) is 5.19. The fourth-order valence-corrected chi connectivity index (χ4v) is 2.16. The summed E-state index contributed by atoms with van der Waals surface area (Å²) in [5.74, 6) is 0.185. The smallest absolute Gasteiger partial charge is 0.262 e. The molecule has 0 unspecified atom stereocenters. The molecule has 0 fully saturated rings. The van der Waals surface area contributed by atoms with Crippen molar-refractivity contribution in [1.29, 1.82) is 0 Å². The van der Waals surface area contributed by atoms with Crippen LogP contribution in [-0.2, 0) is 4.79 Å². The fraction of sp³-hybridized carbons (Fsp3) is 0.158. The van der Waals surface area contributed by atoms with Gasteiger partial charge in [-0.1, -0.05) is 18.2 Å². The van der Waals surface area contributed by atoms with Gasteiger partial charge in [-0.25, -0.2) is 0 Å². The van der Waals surface area contributed by atoms with Crippen LogP contribution in [0.2, 0.25) is 0 Å². The van der Waals surface area contributed by atoms with E-state index in [0.717, 1.165) is 5.56 Å². The molecule has 130 valence electrons. The molecular weight excluding hydrogens is 320 g/mol. The molecule has 0 aliphatic carbocycles. The van der Waals surface area contributed by atoms with Gasteiger partial charge in [0.25, 0.3) is 5.91 Å². The number of carbonyl (C=O) groups is 2. The summed E-state index contributed by atoms with van der Waals surface area (Å²) in [6.07, 6.45) is 3.86. The maximum Gasteiger partial charge on any atom is 0.262 e. The Bertz CT molecular complexity index is 783. The lowest BCUT2D eigenvalue weighted by atomic mass is 10.2. The summed E-state index contributed by atoms with van der Waals surface area (Å²) in [6, 6.07) is 11.7. The summed E-state index contributed by atoms with van der Waals surface area (Å²) in [5.41, 5.74) is 7.07. The van der Waals surface area contributed by atoms with Gasteiger partial charge in [-0.15, -0.1) is 0 Å². The van der Waals surface area contributed by atoms with Crippen LogP contribution in [0.5, 0.6) is 11.5 Å². The highest BCUT2D eigenvalue weighted by Crippen LogP contribution is 2.28. The third-order valence-corrected chi connectivity index (χ3v) is 3.36. The van der Waals surface area contributed by atoms with Crippen LogP contribution in [0.4, 0.5) is 5.69 Å². The Morgan fingerprint density at radius 2 is 1.84 bits per heavy atom. The highest BCUT2D eigenvalue weighted by Gasteiger charge is 2.09. The third kappa shape index (κ3) is 5.10. The molecule has 6 nitrogen and oxygen atoms in total. The minimum absolute atomic E-state index is 0.170. The SMILES string of the molecule is C/C=C\c1ccc(OCC(=O)Nc2ccc(C(N)=O)cc2)c(OC)c1. The summed E-state index contributed by atoms with van der Waals surface area (Å²) >= 11 is 0. The van der Waals surface area contributed by atoms with E-state index in [-0.39, 0.29) is 12.5 Å². The number of ether oxygens (including phenoxy) is 2. The summed E-state index contributed by atoms with van der Waals surface area (Å²) in [7, 11) is 1.54. The molecule has 2 rings (SSSR count). The molecule has 2 aromatic carbocycles. The van der Waals surface area contributed by atoms with Crippen LogP contribution < -0.4 is 20.5 Å². The molecule has 0 aromatic heterocycles. The van der Waals surface area contributed by atoms with E-state index in [4.69, 9.17) is 15.2 Å². The highest BCUT2D eigenvalue weighted by molar-refractivity contribution is 5.95. The number of hydrogen-bond acceptors (Lipinski definition) is 4. The van der Waals surface area contributed by atoms with Crippen molar-refractivity contribution in [2.45, 2.75) is 6.92 Å². The minimum atomic E-state index is -0.519. The van der Waals surface area contributed by atoms with Gasteiger partial charge in [0.2, 0.25) is 5.91 Å². The average Bonchev–Trinajstić information content (AvgIpc) is 2.61. The maximum atomic E-state index is 12.0. The van der Waals surface area contributed by atoms with Crippen LogP contribution in [0.25, 0.3) is 6.08 Å². The van der Waals surface area contributed by atoms with Crippen molar-refractivity contribution in [2.24, 2.45) is 5.73 Å². The van der Waals surface area contributed by atoms with Gasteiger partial charge in [0.15, 0.2) is 18.1 Å². The van der Waals surface area contributed by atoms with E-state index in [0.29, 0.717) is 22.7 Å². The number of nitrogens with one attached hydrogen (secondary N) is 1. The first-order chi connectivity index (χ1) is 12.0. The molecule has 0 atom stereocenters. The topological polar surface area (TPSA) is 90.6 Å². The zero-order valence-corrected chi connectivity index (χ0v) is 14.1. The first-order valence-corrected chi connectivity index (χ1v) is 7.66. The number of hydrogen-bond donors (Lipinski definition) is 2. The third-order valence-electron chi connectivity index (χ3n) is 3.36. The summed E-state index contributed by atoms with van der Waals surface area (Å²) in [4.78, 5) is 23.0. The summed E-state index contributed by atoms with van der Waals surface area (Å²) in [5, 5.41) is 2.68. The predicted octanol–water partition coefficient (Wildman–Crippen LogP) is 2.84. The van der Waals surface area contributed by atoms with Gasteiger partial charge >= 0.3 is 0 Å². The monoisotopic (exact) mass is 340 g/mol. The molecule has 0 bridgehead atoms. The average molecular weight is 340 g/mol. The Kier molecular flexibility index (Phi) is 6.17. The van der Waals surface area contributed by atoms with Crippen LogP contribution in [-0.4, -0.2) is 25.5 Å². The van der Waals surface area contributed by atoms with Gasteiger partial charge in [-0.05, 0) is 48.9 Å². The minimum Gasteiger partial charge on any atom is -0.493 e. The van der Waals surface area contributed by atoms with E-state index in [1.165, 1.54) is 0 Å². The van der Waals surface area contributed by atoms with Crippen molar-refractivity contribution >= 4 is 23.6 Å². The zero-order valence-electron chi connectivity index (χ0n) is 14.1. The second-order valence-electron chi connectivity index (χ2n) is 5.19. The van der Waals surface area contributed by atoms with E-state index in [1.807, 2.05) is 31.2 Å². The van der Waals surface area contributed by atoms with Gasteiger partial charge in [-0.3, -0.25) is 9.59 Å². The quantitative estimate of drug-likeness (QED) is 0.811. The normalized spacial score (nSPS) is 10.5. The van der Waals surface area contributed by atoms with Crippen LogP contribution >= 0.6 is 0 Å². The van der Waals surface area contributed by atoms with E-state index in [1.54, 1.807) is 37.4 Å². The molecule has 0 saturated carbocycles. The van der Waals surface area contributed by atoms with Gasteiger partial charge in [0, 0.05) is 11.3 Å². The van der Waals surface area contributed by atoms with Crippen LogP contribution in [0.15, 0.2) is 48.5 Å². The van der Waals surface area contributed by atoms with Gasteiger partial charge in [0.1, 0.15) is 0 Å². The molecule has 0 spiro atoms. The Morgan fingerprint density at radius 3 is 2.44 bits per heavy atom. The zero-order chi connectivity index (χ0) is 18.2. The molecule has 0 heterocycles. The number of primary amides is 1. The largest absolute Gasteiger partial charge is 0.493 e. The van der Waals surface area contributed by atoms with Gasteiger partial charge in [-0.2, -0.15) is 0 Å². The van der Waals surface area contributed by atoms with E-state index in [2.05, 4.69) is 5.32 Å². The van der Waals surface area contributed by atoms with Crippen molar-refractivity contribution in [2.75, 3.05) is 19.0 Å². The number of rotatable bonds is 7. The van der Waals surface area contributed by atoms with Crippen molar-refractivity contribution in [3.05, 3.63) is 59.7 Å². The molecule has 6 heteroatoms. The molecule has 0 radical (unpaired) electrons. The lowest BCUT2D eigenvalue weighted by Crippen LogP contribution is -2.20. The standard InChI is InChI=1S/C19H20N2O4/c1-3-4-13-5-10-16(17(11-13)24-2)25-12-18(22)21-15-8-6-14(7-9-15)19(20)23/h3-11H,12H2,1-2H3,(H2,20,23)(H,21,22)/b4-3-. The fourth-order valence-electron chi connectivity index (χ4n) is 2.16. The molecule has 0 saturated heterocycles. The van der Waals surface area contributed by atoms with Crippen molar-refractivity contribution in [3.63, 3.8) is 0 Å².